The second-order valence-corrected chi connectivity index (χ2v) is 4.60. The molecule has 9 nitrogen and oxygen atoms in total. The molecule has 1 aliphatic rings. The van der Waals surface area contributed by atoms with Gasteiger partial charge in [-0.15, -0.1) is 5.06 Å². The van der Waals surface area contributed by atoms with Crippen molar-refractivity contribution in [2.75, 3.05) is 13.7 Å². The smallest absolute Gasteiger partial charge is 0.277 e. The minimum absolute atomic E-state index is 0.146. The van der Waals surface area contributed by atoms with Gasteiger partial charge in [-0.1, -0.05) is 0 Å². The summed E-state index contributed by atoms with van der Waals surface area (Å²) in [4.78, 5) is 27.1. The average Bonchev–Trinajstić information content (AvgIpc) is 2.44. The van der Waals surface area contributed by atoms with Crippen molar-refractivity contribution >= 4 is 21.9 Å². The van der Waals surface area contributed by atoms with Crippen molar-refractivity contribution in [2.24, 2.45) is 0 Å². The van der Waals surface area contributed by atoms with E-state index in [-0.39, 0.29) is 11.7 Å². The number of hydroxylamine groups is 3. The van der Waals surface area contributed by atoms with Crippen molar-refractivity contribution in [1.29, 1.82) is 0 Å². The minimum atomic E-state index is -4.58. The summed E-state index contributed by atoms with van der Waals surface area (Å²) in [5, 5.41) is 1.10. The number of hydrogen-bond donors (Lipinski definition) is 3. The summed E-state index contributed by atoms with van der Waals surface area (Å²) in [6.07, 6.45) is -0.626. The van der Waals surface area contributed by atoms with E-state index in [0.717, 1.165) is 0 Å². The summed E-state index contributed by atoms with van der Waals surface area (Å²) >= 11 is 0. The van der Waals surface area contributed by atoms with E-state index in [1.807, 2.05) is 0 Å². The van der Waals surface area contributed by atoms with Crippen LogP contribution in [0.2, 0.25) is 0 Å². The van der Waals surface area contributed by atoms with Crippen LogP contribution >= 0.6 is 0 Å². The van der Waals surface area contributed by atoms with E-state index in [1.54, 1.807) is 7.05 Å². The number of imide groups is 1. The van der Waals surface area contributed by atoms with Crippen molar-refractivity contribution in [1.82, 2.24) is 15.9 Å². The fraction of sp³-hybridized carbons (Fsp3) is 0.667. The summed E-state index contributed by atoms with van der Waals surface area (Å²) in [5.74, 6) is -1.95. The first-order valence-corrected chi connectivity index (χ1v) is 5.75. The Bertz CT molecular complexity index is 393. The fourth-order valence-electron chi connectivity index (χ4n) is 1.08. The van der Waals surface area contributed by atoms with E-state index < -0.39 is 33.6 Å². The molecule has 1 unspecified atom stereocenters. The highest BCUT2D eigenvalue weighted by molar-refractivity contribution is 7.87. The molecule has 0 saturated carbocycles. The van der Waals surface area contributed by atoms with Gasteiger partial charge in [-0.2, -0.15) is 18.8 Å². The first-order chi connectivity index (χ1) is 7.38. The summed E-state index contributed by atoms with van der Waals surface area (Å²) in [6.45, 7) is 0.146. The van der Waals surface area contributed by atoms with Crippen LogP contribution in [-0.2, 0) is 24.6 Å². The summed E-state index contributed by atoms with van der Waals surface area (Å²) in [6, 6.07) is 0. The Morgan fingerprint density at radius 3 is 2.62 bits per heavy atom. The molecule has 0 aromatic heterocycles. The number of rotatable bonds is 5. The van der Waals surface area contributed by atoms with Crippen molar-refractivity contribution in [3.05, 3.63) is 0 Å². The molecule has 0 aromatic carbocycles. The zero-order valence-electron chi connectivity index (χ0n) is 8.34. The molecule has 1 heterocycles. The second-order valence-electron chi connectivity index (χ2n) is 3.00. The Morgan fingerprint density at radius 1 is 1.56 bits per heavy atom. The summed E-state index contributed by atoms with van der Waals surface area (Å²) in [5.41, 5.74) is 2.21. The van der Waals surface area contributed by atoms with Gasteiger partial charge in [0.1, 0.15) is 0 Å². The lowest BCUT2D eigenvalue weighted by atomic mass is 10.4. The maximum Gasteiger partial charge on any atom is 0.277 e. The first kappa shape index (κ1) is 13.0. The van der Waals surface area contributed by atoms with Crippen LogP contribution in [0.3, 0.4) is 0 Å². The zero-order valence-corrected chi connectivity index (χ0v) is 9.15. The molecule has 92 valence electrons. The highest BCUT2D eigenvalue weighted by Crippen LogP contribution is 2.18. The monoisotopic (exact) mass is 253 g/mol. The maximum absolute atomic E-state index is 11.3. The lowest BCUT2D eigenvalue weighted by molar-refractivity contribution is -0.208. The Hall–Kier alpha value is -1.07. The topological polar surface area (TPSA) is 125 Å². The summed E-state index contributed by atoms with van der Waals surface area (Å²) < 4.78 is 30.1. The Morgan fingerprint density at radius 2 is 2.19 bits per heavy atom. The molecular formula is C6H11N3O6S. The van der Waals surface area contributed by atoms with E-state index in [1.165, 1.54) is 0 Å². The van der Waals surface area contributed by atoms with Crippen molar-refractivity contribution in [3.8, 4) is 0 Å². The second kappa shape index (κ2) is 4.84. The van der Waals surface area contributed by atoms with Crippen LogP contribution in [-0.4, -0.2) is 48.8 Å². The first-order valence-electron chi connectivity index (χ1n) is 4.25. The van der Waals surface area contributed by atoms with Gasteiger partial charge in [-0.05, 0) is 7.05 Å². The predicted octanol–water partition coefficient (Wildman–Crippen LogP) is -2.39. The highest BCUT2D eigenvalue weighted by Gasteiger charge is 2.47. The molecule has 0 radical (unpaired) electrons. The highest BCUT2D eigenvalue weighted by atomic mass is 32.2. The number of carbonyl (C=O) groups excluding carboxylic acids is 2. The van der Waals surface area contributed by atoms with E-state index in [0.29, 0.717) is 0 Å². The van der Waals surface area contributed by atoms with Gasteiger partial charge < -0.3 is 5.32 Å². The van der Waals surface area contributed by atoms with E-state index in [4.69, 9.17) is 4.55 Å². The molecule has 1 rings (SSSR count). The van der Waals surface area contributed by atoms with Crippen LogP contribution in [0.4, 0.5) is 0 Å². The molecule has 1 saturated heterocycles. The fourth-order valence-corrected chi connectivity index (χ4v) is 1.78. The van der Waals surface area contributed by atoms with Gasteiger partial charge in [0, 0.05) is 0 Å². The van der Waals surface area contributed by atoms with E-state index in [9.17, 15) is 18.0 Å². The predicted molar refractivity (Wildman–Crippen MR) is 50.0 cm³/mol. The number of nitrogens with one attached hydrogen (secondary N) is 2. The standard InChI is InChI=1S/C6H11N3O6S/c1-7-3-8-15-9-5(10)2-4(6(9)11)16(12,13)14/h4,7-8H,2-3H2,1H3,(H,12,13,14). The van der Waals surface area contributed by atoms with Gasteiger partial charge in [0.15, 0.2) is 5.25 Å². The molecule has 3 N–H and O–H groups in total. The third-order valence-electron chi connectivity index (χ3n) is 1.83. The quantitative estimate of drug-likeness (QED) is 0.163. The van der Waals surface area contributed by atoms with Crippen LogP contribution < -0.4 is 10.8 Å². The van der Waals surface area contributed by atoms with Gasteiger partial charge in [-0.25, -0.2) is 0 Å². The van der Waals surface area contributed by atoms with Crippen molar-refractivity contribution in [3.63, 3.8) is 0 Å². The normalized spacial score (nSPS) is 21.9. The van der Waals surface area contributed by atoms with Crippen LogP contribution in [0, 0.1) is 0 Å². The SMILES string of the molecule is CNCNON1C(=O)CC(S(=O)(=O)O)C1=O. The molecule has 1 atom stereocenters. The third kappa shape index (κ3) is 2.74. The van der Waals surface area contributed by atoms with Gasteiger partial charge in [-0.3, -0.25) is 14.1 Å². The maximum atomic E-state index is 11.3. The Kier molecular flexibility index (Phi) is 3.93. The third-order valence-corrected chi connectivity index (χ3v) is 2.91. The molecule has 0 bridgehead atoms. The minimum Gasteiger partial charge on any atom is -0.306 e. The van der Waals surface area contributed by atoms with Crippen molar-refractivity contribution in [2.45, 2.75) is 11.7 Å². The van der Waals surface area contributed by atoms with Gasteiger partial charge in [0.25, 0.3) is 21.9 Å². The van der Waals surface area contributed by atoms with Crippen molar-refractivity contribution < 1.29 is 27.5 Å². The molecule has 2 amide bonds. The lowest BCUT2D eigenvalue weighted by Gasteiger charge is -2.13. The molecule has 0 spiro atoms. The molecule has 10 heteroatoms. The van der Waals surface area contributed by atoms with E-state index in [2.05, 4.69) is 15.7 Å². The molecule has 0 aliphatic carbocycles. The molecule has 1 aliphatic heterocycles. The Labute approximate surface area is 91.4 Å². The van der Waals surface area contributed by atoms with Crippen LogP contribution in [0.25, 0.3) is 0 Å². The zero-order chi connectivity index (χ0) is 12.3. The van der Waals surface area contributed by atoms with Gasteiger partial charge in [0.2, 0.25) is 0 Å². The van der Waals surface area contributed by atoms with Crippen LogP contribution in [0.5, 0.6) is 0 Å². The Balaban J connectivity index is 2.68. The lowest BCUT2D eigenvalue weighted by Crippen LogP contribution is -2.40. The average molecular weight is 253 g/mol. The molecule has 1 fully saturated rings. The van der Waals surface area contributed by atoms with Gasteiger partial charge in [0.05, 0.1) is 13.1 Å². The molecule has 0 aromatic rings. The van der Waals surface area contributed by atoms with Crippen LogP contribution in [0.1, 0.15) is 6.42 Å². The number of nitrogens with zero attached hydrogens (tertiary/aromatic N) is 1. The molecule has 16 heavy (non-hydrogen) atoms. The number of carbonyl (C=O) groups is 2. The largest absolute Gasteiger partial charge is 0.306 e. The van der Waals surface area contributed by atoms with Crippen LogP contribution in [0.15, 0.2) is 0 Å². The van der Waals surface area contributed by atoms with Gasteiger partial charge >= 0.3 is 0 Å². The number of amides is 2. The number of hydrogen-bond acceptors (Lipinski definition) is 7. The summed E-state index contributed by atoms with van der Waals surface area (Å²) in [7, 11) is -3.00. The molecular weight excluding hydrogens is 242 g/mol. The van der Waals surface area contributed by atoms with E-state index >= 15 is 0 Å².